The van der Waals surface area contributed by atoms with Gasteiger partial charge in [0.2, 0.25) is 0 Å². The van der Waals surface area contributed by atoms with Crippen molar-refractivity contribution in [2.24, 2.45) is 0 Å². The van der Waals surface area contributed by atoms with Gasteiger partial charge < -0.3 is 19.5 Å². The number of rotatable bonds is 7. The molecule has 0 atom stereocenters. The molecule has 0 unspecified atom stereocenters. The third-order valence-corrected chi connectivity index (χ3v) is 3.02. The molecule has 0 aromatic heterocycles. The van der Waals surface area contributed by atoms with Crippen LogP contribution in [-0.4, -0.2) is 67.9 Å². The van der Waals surface area contributed by atoms with Crippen molar-refractivity contribution in [3.8, 4) is 0 Å². The minimum Gasteiger partial charge on any atom is -0.388 e. The van der Waals surface area contributed by atoms with Gasteiger partial charge in [-0.2, -0.15) is 12.6 Å². The van der Waals surface area contributed by atoms with Gasteiger partial charge in [-0.3, -0.25) is 0 Å². The zero-order valence-corrected chi connectivity index (χ0v) is 10.9. The molecular formula is C11H23NO3S. The second kappa shape index (κ2) is 7.50. The molecule has 0 spiro atoms. The lowest BCUT2D eigenvalue weighted by molar-refractivity contribution is -0.0784. The zero-order valence-electron chi connectivity index (χ0n) is 10.0. The van der Waals surface area contributed by atoms with E-state index in [0.29, 0.717) is 33.0 Å². The SMILES string of the molecule is CN(CCOCCS)CC1(O)CCOCC1. The number of hydrogen-bond donors (Lipinski definition) is 2. The molecule has 0 saturated carbocycles. The summed E-state index contributed by atoms with van der Waals surface area (Å²) in [5, 5.41) is 10.3. The summed E-state index contributed by atoms with van der Waals surface area (Å²) >= 11 is 4.07. The monoisotopic (exact) mass is 249 g/mol. The maximum atomic E-state index is 10.3. The third kappa shape index (κ3) is 5.50. The second-order valence-corrected chi connectivity index (χ2v) is 4.86. The standard InChI is InChI=1S/C11H23NO3S/c1-12(4-7-15-8-9-16)10-11(13)2-5-14-6-3-11/h13,16H,2-10H2,1H3. The summed E-state index contributed by atoms with van der Waals surface area (Å²) in [7, 11) is 2.01. The summed E-state index contributed by atoms with van der Waals surface area (Å²) < 4.78 is 10.6. The van der Waals surface area contributed by atoms with Crippen molar-refractivity contribution >= 4 is 12.6 Å². The first kappa shape index (κ1) is 14.3. The minimum atomic E-state index is -0.573. The fourth-order valence-corrected chi connectivity index (χ4v) is 2.01. The Morgan fingerprint density at radius 1 is 1.38 bits per heavy atom. The van der Waals surface area contributed by atoms with E-state index < -0.39 is 5.60 Å². The van der Waals surface area contributed by atoms with Crippen molar-refractivity contribution in [2.75, 3.05) is 52.3 Å². The lowest BCUT2D eigenvalue weighted by atomic mass is 9.94. The van der Waals surface area contributed by atoms with E-state index in [9.17, 15) is 5.11 Å². The smallest absolute Gasteiger partial charge is 0.0817 e. The Morgan fingerprint density at radius 2 is 2.06 bits per heavy atom. The van der Waals surface area contributed by atoms with Crippen molar-refractivity contribution in [3.63, 3.8) is 0 Å². The molecule has 1 rings (SSSR count). The fraction of sp³-hybridized carbons (Fsp3) is 1.00. The van der Waals surface area contributed by atoms with Crippen molar-refractivity contribution in [3.05, 3.63) is 0 Å². The van der Waals surface area contributed by atoms with Crippen molar-refractivity contribution in [1.29, 1.82) is 0 Å². The van der Waals surface area contributed by atoms with Crippen LogP contribution in [0.1, 0.15) is 12.8 Å². The van der Waals surface area contributed by atoms with Gasteiger partial charge in [-0.15, -0.1) is 0 Å². The average Bonchev–Trinajstić information content (AvgIpc) is 2.25. The van der Waals surface area contributed by atoms with Crippen molar-refractivity contribution in [2.45, 2.75) is 18.4 Å². The molecule has 1 aliphatic rings. The van der Waals surface area contributed by atoms with E-state index in [1.807, 2.05) is 7.05 Å². The predicted octanol–water partition coefficient (Wildman–Crippen LogP) is 0.406. The number of likely N-dealkylation sites (N-methyl/N-ethyl adjacent to an activating group) is 1. The first-order chi connectivity index (χ1) is 7.66. The van der Waals surface area contributed by atoms with Crippen molar-refractivity contribution < 1.29 is 14.6 Å². The Labute approximate surface area is 103 Å². The average molecular weight is 249 g/mol. The van der Waals surface area contributed by atoms with Gasteiger partial charge in [-0.05, 0) is 7.05 Å². The molecule has 0 aromatic rings. The zero-order chi connectivity index (χ0) is 11.9. The molecule has 96 valence electrons. The van der Waals surface area contributed by atoms with Crippen LogP contribution in [0.5, 0.6) is 0 Å². The largest absolute Gasteiger partial charge is 0.388 e. The number of nitrogens with zero attached hydrogens (tertiary/aromatic N) is 1. The Morgan fingerprint density at radius 3 is 2.69 bits per heavy atom. The molecule has 1 fully saturated rings. The van der Waals surface area contributed by atoms with Crippen LogP contribution in [-0.2, 0) is 9.47 Å². The van der Waals surface area contributed by atoms with E-state index in [4.69, 9.17) is 9.47 Å². The number of hydrogen-bond acceptors (Lipinski definition) is 5. The number of thiol groups is 1. The Kier molecular flexibility index (Phi) is 6.68. The summed E-state index contributed by atoms with van der Waals surface area (Å²) in [5.41, 5.74) is -0.573. The van der Waals surface area contributed by atoms with E-state index >= 15 is 0 Å². The lowest BCUT2D eigenvalue weighted by Crippen LogP contribution is -2.46. The van der Waals surface area contributed by atoms with E-state index in [1.165, 1.54) is 0 Å². The molecule has 0 amide bonds. The lowest BCUT2D eigenvalue weighted by Gasteiger charge is -2.35. The van der Waals surface area contributed by atoms with Crippen LogP contribution in [0, 0.1) is 0 Å². The van der Waals surface area contributed by atoms with E-state index in [1.54, 1.807) is 0 Å². The molecule has 0 aliphatic carbocycles. The Balaban J connectivity index is 2.14. The molecule has 1 heterocycles. The van der Waals surface area contributed by atoms with E-state index in [2.05, 4.69) is 17.5 Å². The molecule has 5 heteroatoms. The first-order valence-electron chi connectivity index (χ1n) is 5.83. The first-order valence-corrected chi connectivity index (χ1v) is 6.47. The molecule has 0 bridgehead atoms. The van der Waals surface area contributed by atoms with Crippen LogP contribution in [0.3, 0.4) is 0 Å². The maximum Gasteiger partial charge on any atom is 0.0817 e. The highest BCUT2D eigenvalue weighted by Gasteiger charge is 2.30. The van der Waals surface area contributed by atoms with Gasteiger partial charge in [0.25, 0.3) is 0 Å². The van der Waals surface area contributed by atoms with Gasteiger partial charge in [0.05, 0.1) is 18.8 Å². The highest BCUT2D eigenvalue weighted by atomic mass is 32.1. The van der Waals surface area contributed by atoms with Crippen LogP contribution < -0.4 is 0 Å². The molecule has 0 radical (unpaired) electrons. The van der Waals surface area contributed by atoms with Crippen LogP contribution in [0.2, 0.25) is 0 Å². The molecule has 1 saturated heterocycles. The molecule has 0 aromatic carbocycles. The van der Waals surface area contributed by atoms with Crippen molar-refractivity contribution in [1.82, 2.24) is 4.90 Å². The summed E-state index contributed by atoms with van der Waals surface area (Å²) in [5.74, 6) is 0.755. The van der Waals surface area contributed by atoms with Crippen LogP contribution in [0.25, 0.3) is 0 Å². The highest BCUT2D eigenvalue weighted by molar-refractivity contribution is 7.80. The van der Waals surface area contributed by atoms with Crippen LogP contribution >= 0.6 is 12.6 Å². The maximum absolute atomic E-state index is 10.3. The summed E-state index contributed by atoms with van der Waals surface area (Å²) in [4.78, 5) is 2.11. The molecule has 1 aliphatic heterocycles. The second-order valence-electron chi connectivity index (χ2n) is 4.41. The number of ether oxygens (including phenoxy) is 2. The topological polar surface area (TPSA) is 41.9 Å². The van der Waals surface area contributed by atoms with Gasteiger partial charge in [-0.1, -0.05) is 0 Å². The van der Waals surface area contributed by atoms with Gasteiger partial charge >= 0.3 is 0 Å². The molecule has 16 heavy (non-hydrogen) atoms. The van der Waals surface area contributed by atoms with E-state index in [0.717, 1.165) is 25.1 Å². The fourth-order valence-electron chi connectivity index (χ4n) is 1.88. The molecule has 1 N–H and O–H groups in total. The Bertz CT molecular complexity index is 186. The summed E-state index contributed by atoms with van der Waals surface area (Å²) in [6.07, 6.45) is 1.46. The van der Waals surface area contributed by atoms with Gasteiger partial charge in [-0.25, -0.2) is 0 Å². The Hall–Kier alpha value is 0.190. The highest BCUT2D eigenvalue weighted by Crippen LogP contribution is 2.20. The van der Waals surface area contributed by atoms with Gasteiger partial charge in [0.1, 0.15) is 0 Å². The van der Waals surface area contributed by atoms with Gasteiger partial charge in [0, 0.05) is 44.9 Å². The minimum absolute atomic E-state index is 0.573. The van der Waals surface area contributed by atoms with E-state index in [-0.39, 0.29) is 0 Å². The normalized spacial score (nSPS) is 20.2. The molecular weight excluding hydrogens is 226 g/mol. The summed E-state index contributed by atoms with van der Waals surface area (Å²) in [6, 6.07) is 0. The van der Waals surface area contributed by atoms with Crippen LogP contribution in [0.15, 0.2) is 0 Å². The molecule has 4 nitrogen and oxygen atoms in total. The third-order valence-electron chi connectivity index (χ3n) is 2.84. The summed E-state index contributed by atoms with van der Waals surface area (Å²) in [6.45, 7) is 4.26. The van der Waals surface area contributed by atoms with Gasteiger partial charge in [0.15, 0.2) is 0 Å². The number of aliphatic hydroxyl groups is 1. The predicted molar refractivity (Wildman–Crippen MR) is 67.2 cm³/mol. The quantitative estimate of drug-likeness (QED) is 0.506. The van der Waals surface area contributed by atoms with Crippen LogP contribution in [0.4, 0.5) is 0 Å².